The van der Waals surface area contributed by atoms with E-state index >= 15 is 0 Å². The molecule has 1 aromatic heterocycles. The second-order valence-electron chi connectivity index (χ2n) is 7.33. The molecule has 178 valence electrons. The van der Waals surface area contributed by atoms with Crippen LogP contribution in [0.3, 0.4) is 0 Å². The fourth-order valence-corrected chi connectivity index (χ4v) is 4.13. The van der Waals surface area contributed by atoms with Crippen LogP contribution in [-0.2, 0) is 4.79 Å². The van der Waals surface area contributed by atoms with Crippen molar-refractivity contribution in [3.05, 3.63) is 88.7 Å². The number of carbonyl (C=O) groups excluding carboxylic acids is 1. The molecular weight excluding hydrogens is 464 g/mol. The molecule has 0 saturated heterocycles. The largest absolute Gasteiger partial charge is 0.497 e. The molecule has 0 atom stereocenters. The third-order valence-corrected chi connectivity index (χ3v) is 5.94. The monoisotopic (exact) mass is 488 g/mol. The summed E-state index contributed by atoms with van der Waals surface area (Å²) in [6.45, 7) is 2.46. The van der Waals surface area contributed by atoms with Gasteiger partial charge in [-0.05, 0) is 73.2 Å². The minimum absolute atomic E-state index is 0.0295. The molecule has 0 aliphatic rings. The molecule has 0 fully saturated rings. The molecule has 3 aromatic carbocycles. The number of methoxy groups -OCH3 is 1. The maximum atomic E-state index is 13.3. The van der Waals surface area contributed by atoms with E-state index in [-0.39, 0.29) is 17.2 Å². The zero-order valence-electron chi connectivity index (χ0n) is 19.3. The fraction of sp³-hybridized carbons (Fsp3) is 0.154. The van der Waals surface area contributed by atoms with Crippen LogP contribution in [0.4, 0.5) is 0 Å². The van der Waals surface area contributed by atoms with Gasteiger partial charge in [0.15, 0.2) is 5.16 Å². The molecule has 0 saturated carbocycles. The molecule has 0 bridgehead atoms. The fourth-order valence-electron chi connectivity index (χ4n) is 3.33. The minimum atomic E-state index is -0.319. The van der Waals surface area contributed by atoms with Crippen LogP contribution in [-0.4, -0.2) is 41.1 Å². The summed E-state index contributed by atoms with van der Waals surface area (Å²) in [4.78, 5) is 30.4. The van der Waals surface area contributed by atoms with Gasteiger partial charge in [-0.1, -0.05) is 23.9 Å². The maximum Gasteiger partial charge on any atom is 0.266 e. The summed E-state index contributed by atoms with van der Waals surface area (Å²) in [5, 5.41) is 4.91. The molecule has 0 unspecified atom stereocenters. The maximum absolute atomic E-state index is 13.3. The van der Waals surface area contributed by atoms with Crippen LogP contribution >= 0.6 is 11.8 Å². The van der Waals surface area contributed by atoms with Crippen molar-refractivity contribution in [3.8, 4) is 17.2 Å². The van der Waals surface area contributed by atoms with E-state index in [2.05, 4.69) is 15.5 Å². The second-order valence-corrected chi connectivity index (χ2v) is 8.28. The summed E-state index contributed by atoms with van der Waals surface area (Å²) in [6, 6.07) is 21.6. The first-order chi connectivity index (χ1) is 17.1. The molecule has 8 nitrogen and oxygen atoms in total. The molecule has 35 heavy (non-hydrogen) atoms. The number of benzene rings is 3. The Morgan fingerprint density at radius 1 is 1.06 bits per heavy atom. The SMILES string of the molecule is CCOc1ccc(-n2c(SCC(=O)NN=Cc3ccc(OC)cc3)nc3ccccc3c2=O)cc1. The van der Waals surface area contributed by atoms with Crippen molar-refractivity contribution in [1.29, 1.82) is 0 Å². The summed E-state index contributed by atoms with van der Waals surface area (Å²) in [7, 11) is 1.60. The van der Waals surface area contributed by atoms with Crippen molar-refractivity contribution in [2.45, 2.75) is 12.1 Å². The molecule has 0 aliphatic heterocycles. The number of hydrogen-bond acceptors (Lipinski definition) is 7. The van der Waals surface area contributed by atoms with Gasteiger partial charge in [-0.3, -0.25) is 14.2 Å². The highest BCUT2D eigenvalue weighted by Crippen LogP contribution is 2.23. The summed E-state index contributed by atoms with van der Waals surface area (Å²) in [5.41, 5.74) is 4.33. The Hall–Kier alpha value is -4.11. The first-order valence-electron chi connectivity index (χ1n) is 10.9. The lowest BCUT2D eigenvalue weighted by molar-refractivity contribution is -0.118. The molecule has 9 heteroatoms. The number of hydrazone groups is 1. The van der Waals surface area contributed by atoms with Crippen molar-refractivity contribution in [2.24, 2.45) is 5.10 Å². The molecule has 0 aliphatic carbocycles. The first kappa shape index (κ1) is 24.0. The molecule has 1 heterocycles. The van der Waals surface area contributed by atoms with E-state index in [1.165, 1.54) is 4.57 Å². The molecule has 4 aromatic rings. The molecule has 4 rings (SSSR count). The smallest absolute Gasteiger partial charge is 0.266 e. The zero-order chi connectivity index (χ0) is 24.6. The number of aromatic nitrogens is 2. The third-order valence-electron chi connectivity index (χ3n) is 5.00. The Morgan fingerprint density at radius 2 is 1.77 bits per heavy atom. The average molecular weight is 489 g/mol. The van der Waals surface area contributed by atoms with Gasteiger partial charge in [0.2, 0.25) is 0 Å². The number of para-hydroxylation sites is 1. The van der Waals surface area contributed by atoms with Gasteiger partial charge in [-0.25, -0.2) is 10.4 Å². The van der Waals surface area contributed by atoms with E-state index in [1.807, 2.05) is 37.3 Å². The van der Waals surface area contributed by atoms with E-state index < -0.39 is 0 Å². The number of fused-ring (bicyclic) bond motifs is 1. The molecule has 1 N–H and O–H groups in total. The Morgan fingerprint density at radius 3 is 2.49 bits per heavy atom. The van der Waals surface area contributed by atoms with E-state index in [0.717, 1.165) is 23.1 Å². The number of hydrogen-bond donors (Lipinski definition) is 1. The minimum Gasteiger partial charge on any atom is -0.497 e. The molecule has 1 amide bonds. The van der Waals surface area contributed by atoms with E-state index in [4.69, 9.17) is 9.47 Å². The predicted molar refractivity (Wildman–Crippen MR) is 138 cm³/mol. The number of thioether (sulfide) groups is 1. The van der Waals surface area contributed by atoms with Crippen molar-refractivity contribution in [2.75, 3.05) is 19.5 Å². The van der Waals surface area contributed by atoms with E-state index in [9.17, 15) is 9.59 Å². The molecule has 0 radical (unpaired) electrons. The van der Waals surface area contributed by atoms with Crippen LogP contribution in [0, 0.1) is 0 Å². The van der Waals surface area contributed by atoms with Crippen molar-refractivity contribution in [3.63, 3.8) is 0 Å². The van der Waals surface area contributed by atoms with Gasteiger partial charge >= 0.3 is 0 Å². The number of nitrogens with one attached hydrogen (secondary N) is 1. The van der Waals surface area contributed by atoms with Gasteiger partial charge in [0.25, 0.3) is 11.5 Å². The van der Waals surface area contributed by atoms with Crippen LogP contribution < -0.4 is 20.5 Å². The number of rotatable bonds is 9. The van der Waals surface area contributed by atoms with Crippen LogP contribution in [0.25, 0.3) is 16.6 Å². The number of carbonyl (C=O) groups is 1. The topological polar surface area (TPSA) is 94.8 Å². The van der Waals surface area contributed by atoms with Crippen LogP contribution in [0.2, 0.25) is 0 Å². The number of amides is 1. The van der Waals surface area contributed by atoms with Crippen molar-refractivity contribution in [1.82, 2.24) is 15.0 Å². The third kappa shape index (κ3) is 5.88. The number of nitrogens with zero attached hydrogens (tertiary/aromatic N) is 3. The van der Waals surface area contributed by atoms with Gasteiger partial charge in [-0.2, -0.15) is 5.10 Å². The van der Waals surface area contributed by atoms with E-state index in [1.54, 1.807) is 55.8 Å². The van der Waals surface area contributed by atoms with E-state index in [0.29, 0.717) is 34.1 Å². The Bertz CT molecular complexity index is 1400. The van der Waals surface area contributed by atoms with Gasteiger partial charge in [0.1, 0.15) is 11.5 Å². The van der Waals surface area contributed by atoms with Crippen molar-refractivity contribution < 1.29 is 14.3 Å². The second kappa shape index (κ2) is 11.3. The highest BCUT2D eigenvalue weighted by Gasteiger charge is 2.15. The van der Waals surface area contributed by atoms with Gasteiger partial charge in [0.05, 0.1) is 42.3 Å². The Labute approximate surface area is 206 Å². The highest BCUT2D eigenvalue weighted by molar-refractivity contribution is 7.99. The summed E-state index contributed by atoms with van der Waals surface area (Å²) in [5.74, 6) is 1.16. The average Bonchev–Trinajstić information content (AvgIpc) is 2.89. The van der Waals surface area contributed by atoms with Crippen LogP contribution in [0.1, 0.15) is 12.5 Å². The molecule has 0 spiro atoms. The lowest BCUT2D eigenvalue weighted by Crippen LogP contribution is -2.24. The predicted octanol–water partition coefficient (Wildman–Crippen LogP) is 4.04. The Balaban J connectivity index is 1.53. The lowest BCUT2D eigenvalue weighted by Gasteiger charge is -2.13. The standard InChI is InChI=1S/C26H24N4O4S/c1-3-34-21-14-10-19(11-15-21)30-25(32)22-6-4-5-7-23(22)28-26(30)35-17-24(31)29-27-16-18-8-12-20(33-2)13-9-18/h4-16H,3,17H2,1-2H3,(H,29,31). The zero-order valence-corrected chi connectivity index (χ0v) is 20.1. The number of ether oxygens (including phenoxy) is 2. The molecular formula is C26H24N4O4S. The summed E-state index contributed by atoms with van der Waals surface area (Å²) >= 11 is 1.16. The normalized spacial score (nSPS) is 11.0. The van der Waals surface area contributed by atoms with Gasteiger partial charge < -0.3 is 9.47 Å². The quantitative estimate of drug-likeness (QED) is 0.165. The van der Waals surface area contributed by atoms with Crippen LogP contribution in [0.5, 0.6) is 11.5 Å². The lowest BCUT2D eigenvalue weighted by atomic mass is 10.2. The van der Waals surface area contributed by atoms with Gasteiger partial charge in [-0.15, -0.1) is 0 Å². The van der Waals surface area contributed by atoms with Crippen LogP contribution in [0.15, 0.2) is 87.8 Å². The van der Waals surface area contributed by atoms with Crippen molar-refractivity contribution >= 4 is 34.8 Å². The summed E-state index contributed by atoms with van der Waals surface area (Å²) < 4.78 is 12.1. The van der Waals surface area contributed by atoms with Gasteiger partial charge in [0, 0.05) is 0 Å². The highest BCUT2D eigenvalue weighted by atomic mass is 32.2. The first-order valence-corrected chi connectivity index (χ1v) is 11.9. The Kier molecular flexibility index (Phi) is 7.79. The summed E-state index contributed by atoms with van der Waals surface area (Å²) in [6.07, 6.45) is 1.55.